The fourth-order valence-corrected chi connectivity index (χ4v) is 2.44. The van der Waals surface area contributed by atoms with Crippen LogP contribution in [0.4, 0.5) is 5.69 Å². The van der Waals surface area contributed by atoms with E-state index >= 15 is 0 Å². The quantitative estimate of drug-likeness (QED) is 0.857. The van der Waals surface area contributed by atoms with Gasteiger partial charge in [0.1, 0.15) is 0 Å². The number of thioether (sulfide) groups is 1. The number of anilines is 1. The summed E-state index contributed by atoms with van der Waals surface area (Å²) < 4.78 is 10.3. The molecule has 108 valence electrons. The molecule has 6 nitrogen and oxygen atoms in total. The number of hydrogen-bond acceptors (Lipinski definition) is 6. The van der Waals surface area contributed by atoms with Gasteiger partial charge in [-0.05, 0) is 12.1 Å². The van der Waals surface area contributed by atoms with Crippen molar-refractivity contribution in [2.45, 2.75) is 0 Å². The van der Waals surface area contributed by atoms with Crippen LogP contribution < -0.4 is 20.1 Å². The maximum absolute atomic E-state index is 11.8. The highest BCUT2D eigenvalue weighted by atomic mass is 32.2. The minimum absolute atomic E-state index is 0.0846. The Balaban J connectivity index is 1.90. The van der Waals surface area contributed by atoms with E-state index in [1.807, 2.05) is 0 Å². The Morgan fingerprint density at radius 2 is 2.20 bits per heavy atom. The molecule has 1 aromatic rings. The second-order valence-electron chi connectivity index (χ2n) is 4.02. The van der Waals surface area contributed by atoms with E-state index in [1.165, 1.54) is 11.8 Å². The number of rotatable bonds is 5. The monoisotopic (exact) mass is 295 g/mol. The van der Waals surface area contributed by atoms with Crippen molar-refractivity contribution < 1.29 is 14.3 Å². The lowest BCUT2D eigenvalue weighted by Gasteiger charge is -2.10. The summed E-state index contributed by atoms with van der Waals surface area (Å²) in [6, 6.07) is 5.26. The minimum Gasteiger partial charge on any atom is -0.493 e. The number of amides is 1. The van der Waals surface area contributed by atoms with E-state index in [2.05, 4.69) is 15.6 Å². The number of hydrogen-bond donors (Lipinski definition) is 2. The van der Waals surface area contributed by atoms with Crippen LogP contribution in [-0.4, -0.2) is 44.1 Å². The molecule has 7 heteroatoms. The fraction of sp³-hybridized carbons (Fsp3) is 0.385. The Morgan fingerprint density at radius 1 is 1.40 bits per heavy atom. The average molecular weight is 295 g/mol. The zero-order valence-corrected chi connectivity index (χ0v) is 12.3. The van der Waals surface area contributed by atoms with E-state index in [4.69, 9.17) is 9.47 Å². The maximum Gasteiger partial charge on any atom is 0.234 e. The van der Waals surface area contributed by atoms with Crippen LogP contribution >= 0.6 is 11.8 Å². The number of methoxy groups -OCH3 is 2. The third-order valence-electron chi connectivity index (χ3n) is 2.65. The number of carbonyl (C=O) groups is 1. The van der Waals surface area contributed by atoms with Crippen LogP contribution in [0, 0.1) is 0 Å². The largest absolute Gasteiger partial charge is 0.493 e. The Bertz CT molecular complexity index is 520. The SMILES string of the molecule is COc1ccc(NC(=O)CSC2=NCCN2)cc1OC. The lowest BCUT2D eigenvalue weighted by atomic mass is 10.2. The summed E-state index contributed by atoms with van der Waals surface area (Å²) in [5.41, 5.74) is 0.676. The zero-order chi connectivity index (χ0) is 14.4. The molecule has 0 fully saturated rings. The van der Waals surface area contributed by atoms with Gasteiger partial charge in [-0.15, -0.1) is 0 Å². The summed E-state index contributed by atoms with van der Waals surface area (Å²) in [6.07, 6.45) is 0. The molecule has 1 amide bonds. The molecule has 1 aliphatic rings. The number of ether oxygens (including phenoxy) is 2. The molecule has 1 aromatic carbocycles. The van der Waals surface area contributed by atoms with Gasteiger partial charge >= 0.3 is 0 Å². The zero-order valence-electron chi connectivity index (χ0n) is 11.4. The van der Waals surface area contributed by atoms with Crippen molar-refractivity contribution >= 4 is 28.5 Å². The predicted octanol–water partition coefficient (Wildman–Crippen LogP) is 1.33. The van der Waals surface area contributed by atoms with Crippen LogP contribution in [0.15, 0.2) is 23.2 Å². The van der Waals surface area contributed by atoms with Crippen LogP contribution in [0.25, 0.3) is 0 Å². The maximum atomic E-state index is 11.8. The molecule has 2 N–H and O–H groups in total. The molecule has 0 saturated heterocycles. The van der Waals surface area contributed by atoms with Gasteiger partial charge in [0.15, 0.2) is 16.7 Å². The normalized spacial score (nSPS) is 13.4. The minimum atomic E-state index is -0.0846. The fourth-order valence-electron chi connectivity index (χ4n) is 1.72. The second-order valence-corrected chi connectivity index (χ2v) is 4.98. The predicted molar refractivity (Wildman–Crippen MR) is 80.9 cm³/mol. The van der Waals surface area contributed by atoms with Crippen LogP contribution in [0.2, 0.25) is 0 Å². The molecule has 1 aliphatic heterocycles. The van der Waals surface area contributed by atoms with Crippen molar-refractivity contribution in [1.82, 2.24) is 5.32 Å². The highest BCUT2D eigenvalue weighted by molar-refractivity contribution is 8.14. The number of aliphatic imine (C=N–C) groups is 1. The molecule has 1 heterocycles. The highest BCUT2D eigenvalue weighted by Crippen LogP contribution is 2.29. The van der Waals surface area contributed by atoms with Gasteiger partial charge in [0.05, 0.1) is 26.5 Å². The molecular formula is C13H17N3O3S. The van der Waals surface area contributed by atoms with Crippen molar-refractivity contribution in [3.05, 3.63) is 18.2 Å². The first-order valence-electron chi connectivity index (χ1n) is 6.16. The molecule has 0 saturated carbocycles. The summed E-state index contributed by atoms with van der Waals surface area (Å²) in [4.78, 5) is 16.1. The number of benzene rings is 1. The van der Waals surface area contributed by atoms with Gasteiger partial charge in [-0.1, -0.05) is 11.8 Å². The third-order valence-corrected chi connectivity index (χ3v) is 3.60. The van der Waals surface area contributed by atoms with Crippen molar-refractivity contribution in [1.29, 1.82) is 0 Å². The molecule has 0 aliphatic carbocycles. The molecule has 0 atom stereocenters. The molecular weight excluding hydrogens is 278 g/mol. The number of nitrogens with one attached hydrogen (secondary N) is 2. The lowest BCUT2D eigenvalue weighted by molar-refractivity contribution is -0.113. The first kappa shape index (κ1) is 14.5. The molecule has 20 heavy (non-hydrogen) atoms. The Morgan fingerprint density at radius 3 is 2.85 bits per heavy atom. The molecule has 2 rings (SSSR count). The van der Waals surface area contributed by atoms with E-state index in [-0.39, 0.29) is 5.91 Å². The van der Waals surface area contributed by atoms with Gasteiger partial charge in [0.25, 0.3) is 0 Å². The molecule has 0 spiro atoms. The van der Waals surface area contributed by atoms with E-state index in [0.717, 1.165) is 18.3 Å². The Hall–Kier alpha value is -1.89. The number of amidine groups is 1. The van der Waals surface area contributed by atoms with Crippen molar-refractivity contribution in [3.63, 3.8) is 0 Å². The van der Waals surface area contributed by atoms with Crippen LogP contribution in [0.5, 0.6) is 11.5 Å². The highest BCUT2D eigenvalue weighted by Gasteiger charge is 2.10. The van der Waals surface area contributed by atoms with E-state index in [0.29, 0.717) is 22.9 Å². The van der Waals surface area contributed by atoms with Crippen molar-refractivity contribution in [2.75, 3.05) is 38.4 Å². The standard InChI is InChI=1S/C13H17N3O3S/c1-18-10-4-3-9(7-11(10)19-2)16-12(17)8-20-13-14-5-6-15-13/h3-4,7H,5-6,8H2,1-2H3,(H,14,15)(H,16,17). The van der Waals surface area contributed by atoms with Gasteiger partial charge in [-0.3, -0.25) is 9.79 Å². The second kappa shape index (κ2) is 7.04. The Kier molecular flexibility index (Phi) is 5.11. The van der Waals surface area contributed by atoms with E-state index < -0.39 is 0 Å². The third kappa shape index (κ3) is 3.80. The summed E-state index contributed by atoms with van der Waals surface area (Å²) in [6.45, 7) is 1.62. The number of carbonyl (C=O) groups excluding carboxylic acids is 1. The van der Waals surface area contributed by atoms with Crippen LogP contribution in [-0.2, 0) is 4.79 Å². The first-order valence-corrected chi connectivity index (χ1v) is 7.14. The topological polar surface area (TPSA) is 72.0 Å². The van der Waals surface area contributed by atoms with Crippen LogP contribution in [0.3, 0.4) is 0 Å². The van der Waals surface area contributed by atoms with Gasteiger partial charge in [0, 0.05) is 18.3 Å². The van der Waals surface area contributed by atoms with Crippen molar-refractivity contribution in [3.8, 4) is 11.5 Å². The molecule has 0 aromatic heterocycles. The van der Waals surface area contributed by atoms with Crippen molar-refractivity contribution in [2.24, 2.45) is 4.99 Å². The Labute approximate surface area is 121 Å². The average Bonchev–Trinajstić information content (AvgIpc) is 2.98. The van der Waals surface area contributed by atoms with E-state index in [9.17, 15) is 4.79 Å². The first-order chi connectivity index (χ1) is 9.72. The lowest BCUT2D eigenvalue weighted by Crippen LogP contribution is -2.20. The molecule has 0 radical (unpaired) electrons. The summed E-state index contributed by atoms with van der Waals surface area (Å²) in [5, 5.41) is 6.75. The summed E-state index contributed by atoms with van der Waals surface area (Å²) in [5.74, 6) is 1.45. The summed E-state index contributed by atoms with van der Waals surface area (Å²) >= 11 is 1.40. The van der Waals surface area contributed by atoms with Gasteiger partial charge < -0.3 is 20.1 Å². The van der Waals surface area contributed by atoms with Gasteiger partial charge in [-0.2, -0.15) is 0 Å². The smallest absolute Gasteiger partial charge is 0.234 e. The van der Waals surface area contributed by atoms with Gasteiger partial charge in [0.2, 0.25) is 5.91 Å². The molecule has 0 unspecified atom stereocenters. The summed E-state index contributed by atoms with van der Waals surface area (Å²) in [7, 11) is 3.13. The molecule has 0 bridgehead atoms. The van der Waals surface area contributed by atoms with Gasteiger partial charge in [-0.25, -0.2) is 0 Å². The van der Waals surface area contributed by atoms with Crippen LogP contribution in [0.1, 0.15) is 0 Å². The van der Waals surface area contributed by atoms with E-state index in [1.54, 1.807) is 32.4 Å². The number of nitrogens with zero attached hydrogens (tertiary/aromatic N) is 1.